The van der Waals surface area contributed by atoms with Crippen LogP contribution in [-0.2, 0) is 44.1 Å². The minimum atomic E-state index is -5.04. The first kappa shape index (κ1) is 29.7. The largest absolute Gasteiger partial charge is 1.00 e. The molecule has 2 heterocycles. The van der Waals surface area contributed by atoms with Gasteiger partial charge in [0.15, 0.2) is 0 Å². The Kier molecular flexibility index (Phi) is 7.70. The van der Waals surface area contributed by atoms with Crippen LogP contribution < -0.4 is 34.5 Å². The number of phosphoric ester groups is 1. The summed E-state index contributed by atoms with van der Waals surface area (Å²) in [7, 11) is -5.04. The summed E-state index contributed by atoms with van der Waals surface area (Å²) >= 11 is 0. The van der Waals surface area contributed by atoms with E-state index in [0.717, 1.165) is 11.1 Å². The first-order chi connectivity index (χ1) is 21.0. The summed E-state index contributed by atoms with van der Waals surface area (Å²) in [5, 5.41) is 0. The van der Waals surface area contributed by atoms with Gasteiger partial charge in [-0.3, -0.25) is 0 Å². The van der Waals surface area contributed by atoms with Crippen molar-refractivity contribution in [3.63, 3.8) is 0 Å². The molecule has 8 nitrogen and oxygen atoms in total. The zero-order valence-corrected chi connectivity index (χ0v) is 26.8. The second-order valence-corrected chi connectivity index (χ2v) is 11.8. The summed E-state index contributed by atoms with van der Waals surface area (Å²) in [5.74, 6) is -2.19. The summed E-state index contributed by atoms with van der Waals surface area (Å²) in [4.78, 5) is 13.8. The molecule has 0 unspecified atom stereocenters. The molecule has 4 aromatic rings. The Labute approximate surface area is 276 Å². The molecule has 0 N–H and O–H groups in total. The molecule has 0 aromatic heterocycles. The van der Waals surface area contributed by atoms with E-state index in [-0.39, 0.29) is 41.1 Å². The van der Waals surface area contributed by atoms with Crippen molar-refractivity contribution in [2.24, 2.45) is 0 Å². The van der Waals surface area contributed by atoms with Crippen molar-refractivity contribution in [1.82, 2.24) is 0 Å². The van der Waals surface area contributed by atoms with Gasteiger partial charge < -0.3 is 32.9 Å². The van der Waals surface area contributed by atoms with Crippen molar-refractivity contribution in [2.75, 3.05) is 26.4 Å². The first-order valence-electron chi connectivity index (χ1n) is 14.1. The van der Waals surface area contributed by atoms with Gasteiger partial charge in [-0.15, -0.1) is 0 Å². The van der Waals surface area contributed by atoms with Crippen LogP contribution >= 0.6 is 7.82 Å². The van der Waals surface area contributed by atoms with Crippen LogP contribution in [0.2, 0.25) is 0 Å². The zero-order valence-electron chi connectivity index (χ0n) is 23.9. The van der Waals surface area contributed by atoms with E-state index < -0.39 is 19.4 Å². The van der Waals surface area contributed by atoms with E-state index in [1.807, 2.05) is 84.9 Å². The van der Waals surface area contributed by atoms with Gasteiger partial charge in [-0.1, -0.05) is 97.1 Å². The van der Waals surface area contributed by atoms with E-state index >= 15 is 0 Å². The van der Waals surface area contributed by atoms with Gasteiger partial charge in [0.2, 0.25) is 11.6 Å². The van der Waals surface area contributed by atoms with Gasteiger partial charge in [0.25, 0.3) is 0 Å². The maximum atomic E-state index is 13.8. The van der Waals surface area contributed by atoms with E-state index in [1.165, 1.54) is 0 Å². The fraction of sp³-hybridized carbons (Fsp3) is 0.176. The molecule has 2 aliphatic heterocycles. The van der Waals surface area contributed by atoms with Crippen LogP contribution in [0.3, 0.4) is 0 Å². The second-order valence-electron chi connectivity index (χ2n) is 10.5. The molecule has 2 saturated heterocycles. The van der Waals surface area contributed by atoms with Gasteiger partial charge in [0.05, 0.1) is 26.4 Å². The summed E-state index contributed by atoms with van der Waals surface area (Å²) in [6.45, 7) is 1.58. The van der Waals surface area contributed by atoms with Gasteiger partial charge in [-0.25, -0.2) is 4.57 Å². The number of fused-ring (bicyclic) bond motifs is 8. The van der Waals surface area contributed by atoms with E-state index in [1.54, 1.807) is 24.3 Å². The van der Waals surface area contributed by atoms with Crippen molar-refractivity contribution in [3.05, 3.63) is 142 Å². The molecule has 2 fully saturated rings. The van der Waals surface area contributed by atoms with Crippen LogP contribution in [0, 0.1) is 0 Å². The predicted molar refractivity (Wildman–Crippen MR) is 157 cm³/mol. The van der Waals surface area contributed by atoms with Gasteiger partial charge in [-0.2, -0.15) is 0 Å². The topological polar surface area (TPSA) is 95.5 Å². The third-order valence-corrected chi connectivity index (χ3v) is 8.95. The molecular weight excluding hydrogens is 590 g/mol. The average molecular weight is 617 g/mol. The third-order valence-electron chi connectivity index (χ3n) is 8.11. The fourth-order valence-corrected chi connectivity index (χ4v) is 7.22. The minimum absolute atomic E-state index is 0. The molecule has 8 rings (SSSR count). The molecule has 4 aromatic carbocycles. The van der Waals surface area contributed by atoms with Crippen molar-refractivity contribution in [3.8, 4) is 0 Å². The number of rotatable bonds is 4. The van der Waals surface area contributed by atoms with E-state index in [2.05, 4.69) is 0 Å². The molecule has 0 amide bonds. The molecule has 44 heavy (non-hydrogen) atoms. The van der Waals surface area contributed by atoms with Gasteiger partial charge in [0, 0.05) is 33.4 Å². The summed E-state index contributed by atoms with van der Waals surface area (Å²) in [5.41, 5.74) is 5.28. The molecule has 2 spiro atoms. The Morgan fingerprint density at radius 3 is 1.30 bits per heavy atom. The quantitative estimate of drug-likeness (QED) is 0.255. The molecular formula is C34H26NaO8P. The molecule has 4 aliphatic rings. The fourth-order valence-electron chi connectivity index (χ4n) is 6.40. The predicted octanol–water partition coefficient (Wildman–Crippen LogP) is 3.01. The average Bonchev–Trinajstić information content (AvgIpc) is 3.69. The monoisotopic (exact) mass is 616 g/mol. The van der Waals surface area contributed by atoms with Crippen LogP contribution in [0.4, 0.5) is 0 Å². The van der Waals surface area contributed by atoms with Crippen LogP contribution in [0.25, 0.3) is 23.7 Å². The summed E-state index contributed by atoms with van der Waals surface area (Å²) in [6.07, 6.45) is 3.36. The van der Waals surface area contributed by atoms with Crippen LogP contribution in [0.15, 0.2) is 97.1 Å². The normalized spacial score (nSPS) is 18.8. The second kappa shape index (κ2) is 11.4. The molecule has 10 heteroatoms. The van der Waals surface area contributed by atoms with Crippen LogP contribution in [0.5, 0.6) is 0 Å². The summed E-state index contributed by atoms with van der Waals surface area (Å²) in [6, 6.07) is 29.7. The zero-order chi connectivity index (χ0) is 29.1. The smallest absolute Gasteiger partial charge is 0.736 e. The minimum Gasteiger partial charge on any atom is -0.736 e. The van der Waals surface area contributed by atoms with Crippen LogP contribution in [0.1, 0.15) is 44.5 Å². The van der Waals surface area contributed by atoms with Crippen molar-refractivity contribution in [1.29, 1.82) is 0 Å². The van der Waals surface area contributed by atoms with Crippen molar-refractivity contribution < 1.29 is 67.0 Å². The standard InChI is InChI=1S/C34H27O8P.Na/c35-43(36,41-31-21-23-9-1-5-13-27(23)33(37-17-18-38-33)29-15-7-3-11-25(29)31)42-32-22-24-10-2-6-14-28(24)34(39-19-20-40-34)30-16-8-4-12-26(30)32;/h1-16,21-22H,17-20H2,(H,35,36);/q;+1/p-1. The Bertz CT molecular complexity index is 1720. The van der Waals surface area contributed by atoms with Gasteiger partial charge in [0.1, 0.15) is 11.5 Å². The SMILES string of the molecule is O=P([O-])(OC1=Cc2ccccc2C2(OCCO2)c2ccccc21)OC1=Cc2ccccc2C2(OCCO2)c2ccccc21.[Na+]. The van der Waals surface area contributed by atoms with Crippen molar-refractivity contribution in [2.45, 2.75) is 11.6 Å². The van der Waals surface area contributed by atoms with E-state index in [0.29, 0.717) is 59.8 Å². The molecule has 0 atom stereocenters. The molecule has 2 aliphatic carbocycles. The van der Waals surface area contributed by atoms with Gasteiger partial charge in [-0.05, 0) is 23.3 Å². The van der Waals surface area contributed by atoms with Crippen molar-refractivity contribution >= 4 is 31.5 Å². The van der Waals surface area contributed by atoms with Crippen LogP contribution in [-0.4, -0.2) is 26.4 Å². The number of benzene rings is 4. The summed E-state index contributed by atoms with van der Waals surface area (Å²) < 4.78 is 50.4. The Morgan fingerprint density at radius 2 is 0.886 bits per heavy atom. The Balaban J connectivity index is 0.00000312. The Morgan fingerprint density at radius 1 is 0.545 bits per heavy atom. The molecule has 0 bridgehead atoms. The third kappa shape index (κ3) is 4.74. The molecule has 0 radical (unpaired) electrons. The molecule has 216 valence electrons. The van der Waals surface area contributed by atoms with Gasteiger partial charge >= 0.3 is 37.4 Å². The number of ether oxygens (including phenoxy) is 4. The van der Waals surface area contributed by atoms with E-state index in [9.17, 15) is 9.46 Å². The van der Waals surface area contributed by atoms with E-state index in [4.69, 9.17) is 28.0 Å². The number of phosphoric acid groups is 1. The molecule has 0 saturated carbocycles. The first-order valence-corrected chi connectivity index (χ1v) is 15.5. The maximum Gasteiger partial charge on any atom is 1.00 e. The Hall–Kier alpha value is -3.01. The number of hydrogen-bond donors (Lipinski definition) is 0. The number of hydrogen-bond acceptors (Lipinski definition) is 8. The maximum absolute atomic E-state index is 13.8.